The summed E-state index contributed by atoms with van der Waals surface area (Å²) in [4.78, 5) is 24.3. The summed E-state index contributed by atoms with van der Waals surface area (Å²) in [6, 6.07) is 10.9. The number of rotatable bonds is 5. The van der Waals surface area contributed by atoms with Crippen LogP contribution < -0.4 is 0 Å². The van der Waals surface area contributed by atoms with Crippen molar-refractivity contribution in [1.82, 2.24) is 0 Å². The van der Waals surface area contributed by atoms with Gasteiger partial charge in [-0.1, -0.05) is 29.3 Å². The number of hydrogen-bond donors (Lipinski definition) is 0. The topological polar surface area (TPSA) is 52.6 Å². The van der Waals surface area contributed by atoms with E-state index in [9.17, 15) is 9.59 Å². The molecular weight excluding hydrogens is 304 g/mol. The van der Waals surface area contributed by atoms with E-state index in [1.54, 1.807) is 32.0 Å². The van der Waals surface area contributed by atoms with Crippen LogP contribution in [0.5, 0.6) is 0 Å². The van der Waals surface area contributed by atoms with Crippen molar-refractivity contribution in [2.75, 3.05) is 13.2 Å². The van der Waals surface area contributed by atoms with E-state index >= 15 is 0 Å². The lowest BCUT2D eigenvalue weighted by Crippen LogP contribution is -2.09. The third-order valence-electron chi connectivity index (χ3n) is 3.56. The molecule has 0 heterocycles. The number of ether oxygens (including phenoxy) is 2. The largest absolute Gasteiger partial charge is 0.462 e. The van der Waals surface area contributed by atoms with Crippen molar-refractivity contribution < 1.29 is 19.1 Å². The van der Waals surface area contributed by atoms with Gasteiger partial charge in [-0.25, -0.2) is 9.59 Å². The number of hydrogen-bond acceptors (Lipinski definition) is 4. The molecule has 0 bridgehead atoms. The molecule has 0 unspecified atom stereocenters. The van der Waals surface area contributed by atoms with Gasteiger partial charge in [-0.2, -0.15) is 0 Å². The first-order valence-electron chi connectivity index (χ1n) is 8.03. The first kappa shape index (κ1) is 17.7. The summed E-state index contributed by atoms with van der Waals surface area (Å²) in [5.41, 5.74) is 4.57. The van der Waals surface area contributed by atoms with Crippen molar-refractivity contribution >= 4 is 11.9 Å². The van der Waals surface area contributed by atoms with Crippen LogP contribution >= 0.6 is 0 Å². The van der Waals surface area contributed by atoms with E-state index in [-0.39, 0.29) is 0 Å². The summed E-state index contributed by atoms with van der Waals surface area (Å²) in [6.45, 7) is 8.12. The highest BCUT2D eigenvalue weighted by atomic mass is 16.5. The zero-order chi connectivity index (χ0) is 17.7. The lowest BCUT2D eigenvalue weighted by atomic mass is 9.94. The molecule has 0 spiro atoms. The van der Waals surface area contributed by atoms with E-state index in [4.69, 9.17) is 9.47 Å². The smallest absolute Gasteiger partial charge is 0.338 e. The van der Waals surface area contributed by atoms with E-state index in [2.05, 4.69) is 6.07 Å². The molecule has 4 nitrogen and oxygen atoms in total. The molecule has 0 amide bonds. The maximum Gasteiger partial charge on any atom is 0.338 e. The molecule has 0 atom stereocenters. The molecular formula is C20H22O4. The first-order chi connectivity index (χ1) is 11.5. The molecule has 0 fully saturated rings. The third kappa shape index (κ3) is 4.02. The maximum atomic E-state index is 12.3. The quantitative estimate of drug-likeness (QED) is 0.768. The lowest BCUT2D eigenvalue weighted by Gasteiger charge is -2.12. The maximum absolute atomic E-state index is 12.3. The Morgan fingerprint density at radius 2 is 1.42 bits per heavy atom. The Morgan fingerprint density at radius 1 is 0.833 bits per heavy atom. The van der Waals surface area contributed by atoms with Crippen molar-refractivity contribution in [2.24, 2.45) is 0 Å². The molecule has 0 radical (unpaired) electrons. The van der Waals surface area contributed by atoms with Gasteiger partial charge in [0.15, 0.2) is 0 Å². The van der Waals surface area contributed by atoms with E-state index < -0.39 is 11.9 Å². The Balaban J connectivity index is 2.60. The minimum absolute atomic E-state index is 0.296. The first-order valence-corrected chi connectivity index (χ1v) is 8.03. The molecule has 0 aliphatic rings. The number of aryl methyl sites for hydroxylation is 2. The zero-order valence-electron chi connectivity index (χ0n) is 14.5. The highest BCUT2D eigenvalue weighted by molar-refractivity contribution is 6.00. The predicted molar refractivity (Wildman–Crippen MR) is 93.3 cm³/mol. The van der Waals surface area contributed by atoms with Crippen LogP contribution in [0.25, 0.3) is 11.1 Å². The summed E-state index contributed by atoms with van der Waals surface area (Å²) in [6.07, 6.45) is 0. The summed E-state index contributed by atoms with van der Waals surface area (Å²) >= 11 is 0. The molecule has 0 N–H and O–H groups in total. The van der Waals surface area contributed by atoms with Crippen LogP contribution in [0.1, 0.15) is 45.7 Å². The van der Waals surface area contributed by atoms with E-state index in [1.165, 1.54) is 0 Å². The Labute approximate surface area is 142 Å². The van der Waals surface area contributed by atoms with Crippen LogP contribution in [0.4, 0.5) is 0 Å². The van der Waals surface area contributed by atoms with Gasteiger partial charge in [0.25, 0.3) is 0 Å². The van der Waals surface area contributed by atoms with Gasteiger partial charge in [-0.05, 0) is 57.0 Å². The molecule has 2 aromatic rings. The van der Waals surface area contributed by atoms with Crippen molar-refractivity contribution in [3.63, 3.8) is 0 Å². The van der Waals surface area contributed by atoms with Gasteiger partial charge in [0.05, 0.1) is 24.3 Å². The second-order valence-electron chi connectivity index (χ2n) is 5.58. The van der Waals surface area contributed by atoms with E-state index in [1.807, 2.05) is 26.0 Å². The van der Waals surface area contributed by atoms with Gasteiger partial charge < -0.3 is 9.47 Å². The fourth-order valence-electron chi connectivity index (χ4n) is 2.64. The predicted octanol–water partition coefficient (Wildman–Crippen LogP) is 4.32. The van der Waals surface area contributed by atoms with E-state index in [0.717, 1.165) is 16.7 Å². The van der Waals surface area contributed by atoms with Gasteiger partial charge >= 0.3 is 11.9 Å². The number of esters is 2. The van der Waals surface area contributed by atoms with Crippen LogP contribution in [0.15, 0.2) is 36.4 Å². The molecule has 0 saturated heterocycles. The Bertz CT molecular complexity index is 742. The molecule has 126 valence electrons. The molecule has 24 heavy (non-hydrogen) atoms. The van der Waals surface area contributed by atoms with Crippen LogP contribution in [-0.4, -0.2) is 25.2 Å². The average Bonchev–Trinajstić information content (AvgIpc) is 2.54. The molecule has 2 rings (SSSR count). The monoisotopic (exact) mass is 326 g/mol. The van der Waals surface area contributed by atoms with Crippen LogP contribution in [-0.2, 0) is 9.47 Å². The van der Waals surface area contributed by atoms with Crippen LogP contribution in [0.2, 0.25) is 0 Å². The summed E-state index contributed by atoms with van der Waals surface area (Å²) in [7, 11) is 0. The summed E-state index contributed by atoms with van der Waals surface area (Å²) in [5, 5.41) is 0. The standard InChI is InChI=1S/C20H22O4/c1-5-23-19(21)15-7-8-17(20(22)24-6-2)18(12-15)16-10-13(3)9-14(4)11-16/h7-12H,5-6H2,1-4H3. The third-order valence-corrected chi connectivity index (χ3v) is 3.56. The Morgan fingerprint density at radius 3 is 2.00 bits per heavy atom. The lowest BCUT2D eigenvalue weighted by molar-refractivity contribution is 0.0512. The van der Waals surface area contributed by atoms with Crippen LogP contribution in [0.3, 0.4) is 0 Å². The fourth-order valence-corrected chi connectivity index (χ4v) is 2.64. The Kier molecular flexibility index (Phi) is 5.74. The number of benzene rings is 2. The minimum atomic E-state index is -0.404. The Hall–Kier alpha value is -2.62. The van der Waals surface area contributed by atoms with Gasteiger partial charge in [-0.3, -0.25) is 0 Å². The van der Waals surface area contributed by atoms with Crippen molar-refractivity contribution in [3.8, 4) is 11.1 Å². The second-order valence-corrected chi connectivity index (χ2v) is 5.58. The molecule has 0 aromatic heterocycles. The highest BCUT2D eigenvalue weighted by Gasteiger charge is 2.18. The van der Waals surface area contributed by atoms with Crippen molar-refractivity contribution in [2.45, 2.75) is 27.7 Å². The molecule has 4 heteroatoms. The molecule has 2 aromatic carbocycles. The summed E-state index contributed by atoms with van der Waals surface area (Å²) in [5.74, 6) is -0.805. The number of carbonyl (C=O) groups excluding carboxylic acids is 2. The van der Waals surface area contributed by atoms with E-state index in [0.29, 0.717) is 29.9 Å². The summed E-state index contributed by atoms with van der Waals surface area (Å²) < 4.78 is 10.2. The average molecular weight is 326 g/mol. The van der Waals surface area contributed by atoms with Gasteiger partial charge in [0.2, 0.25) is 0 Å². The van der Waals surface area contributed by atoms with Crippen molar-refractivity contribution in [1.29, 1.82) is 0 Å². The van der Waals surface area contributed by atoms with Gasteiger partial charge in [0, 0.05) is 0 Å². The fraction of sp³-hybridized carbons (Fsp3) is 0.300. The number of carbonyl (C=O) groups is 2. The molecule has 0 aliphatic heterocycles. The normalized spacial score (nSPS) is 10.3. The SMILES string of the molecule is CCOC(=O)c1ccc(C(=O)OCC)c(-c2cc(C)cc(C)c2)c1. The van der Waals surface area contributed by atoms with Gasteiger partial charge in [-0.15, -0.1) is 0 Å². The minimum Gasteiger partial charge on any atom is -0.462 e. The zero-order valence-corrected chi connectivity index (χ0v) is 14.5. The van der Waals surface area contributed by atoms with Gasteiger partial charge in [0.1, 0.15) is 0 Å². The molecule has 0 aliphatic carbocycles. The van der Waals surface area contributed by atoms with Crippen molar-refractivity contribution in [3.05, 3.63) is 58.7 Å². The second kappa shape index (κ2) is 7.77. The molecule has 0 saturated carbocycles. The highest BCUT2D eigenvalue weighted by Crippen LogP contribution is 2.28. The van der Waals surface area contributed by atoms with Crippen LogP contribution in [0, 0.1) is 13.8 Å².